The largest absolute Gasteiger partial charge is 0.387 e. The Bertz CT molecular complexity index is 396. The first-order chi connectivity index (χ1) is 9.70. The zero-order valence-corrected chi connectivity index (χ0v) is 12.4. The topological polar surface area (TPSA) is 56.1 Å². The molecule has 0 aromatic carbocycles. The lowest BCUT2D eigenvalue weighted by Gasteiger charge is -2.30. The summed E-state index contributed by atoms with van der Waals surface area (Å²) in [5, 5.41) is 12.5. The second-order valence-electron chi connectivity index (χ2n) is 6.15. The Kier molecular flexibility index (Phi) is 5.46. The third-order valence-corrected chi connectivity index (χ3v) is 4.49. The van der Waals surface area contributed by atoms with Gasteiger partial charge in [0.05, 0.1) is 0 Å². The van der Waals surface area contributed by atoms with Crippen LogP contribution in [0.5, 0.6) is 0 Å². The van der Waals surface area contributed by atoms with E-state index in [1.165, 1.54) is 19.3 Å². The van der Waals surface area contributed by atoms with Gasteiger partial charge in [-0.05, 0) is 31.6 Å². The van der Waals surface area contributed by atoms with Crippen LogP contribution in [-0.4, -0.2) is 29.9 Å². The Labute approximate surface area is 121 Å². The Morgan fingerprint density at radius 1 is 1.20 bits per heavy atom. The molecule has 1 heterocycles. The van der Waals surface area contributed by atoms with Gasteiger partial charge in [0.25, 0.3) is 5.91 Å². The van der Waals surface area contributed by atoms with Crippen molar-refractivity contribution >= 4 is 5.91 Å². The lowest BCUT2D eigenvalue weighted by atomic mass is 9.95. The van der Waals surface area contributed by atoms with Crippen molar-refractivity contribution in [2.45, 2.75) is 57.9 Å². The van der Waals surface area contributed by atoms with E-state index in [1.54, 1.807) is 6.20 Å². The third-order valence-electron chi connectivity index (χ3n) is 4.49. The van der Waals surface area contributed by atoms with Crippen molar-refractivity contribution < 1.29 is 4.79 Å². The number of likely N-dealkylation sites (tertiary alicyclic amines) is 1. The van der Waals surface area contributed by atoms with Gasteiger partial charge in [-0.3, -0.25) is 4.79 Å². The maximum absolute atomic E-state index is 12.3. The number of nitriles is 1. The van der Waals surface area contributed by atoms with Crippen molar-refractivity contribution in [3.63, 3.8) is 0 Å². The van der Waals surface area contributed by atoms with Gasteiger partial charge in [0.2, 0.25) is 0 Å². The molecule has 1 aliphatic heterocycles. The molecular formula is C16H25N3O. The SMILES string of the molecule is CC1CCN(C(=O)/C(C#N)=C\NC2CCCCC2)CC1. The van der Waals surface area contributed by atoms with Crippen molar-refractivity contribution in [1.82, 2.24) is 10.2 Å². The number of nitrogens with zero attached hydrogens (tertiary/aromatic N) is 2. The fourth-order valence-corrected chi connectivity index (χ4v) is 2.99. The van der Waals surface area contributed by atoms with E-state index in [4.69, 9.17) is 0 Å². The first kappa shape index (κ1) is 14.9. The highest BCUT2D eigenvalue weighted by Gasteiger charge is 2.23. The average molecular weight is 275 g/mol. The van der Waals surface area contributed by atoms with Crippen LogP contribution in [0.4, 0.5) is 0 Å². The summed E-state index contributed by atoms with van der Waals surface area (Å²) in [6.45, 7) is 3.78. The first-order valence-corrected chi connectivity index (χ1v) is 7.86. The van der Waals surface area contributed by atoms with Gasteiger partial charge in [-0.15, -0.1) is 0 Å². The van der Waals surface area contributed by atoms with Crippen LogP contribution in [0.3, 0.4) is 0 Å². The fourth-order valence-electron chi connectivity index (χ4n) is 2.99. The number of carbonyl (C=O) groups is 1. The van der Waals surface area contributed by atoms with E-state index in [0.717, 1.165) is 38.8 Å². The Morgan fingerprint density at radius 3 is 2.45 bits per heavy atom. The summed E-state index contributed by atoms with van der Waals surface area (Å²) in [5.74, 6) is 0.580. The Balaban J connectivity index is 1.89. The van der Waals surface area contributed by atoms with E-state index in [-0.39, 0.29) is 11.5 Å². The minimum Gasteiger partial charge on any atom is -0.387 e. The zero-order chi connectivity index (χ0) is 14.4. The van der Waals surface area contributed by atoms with E-state index in [2.05, 4.69) is 18.3 Å². The molecule has 0 bridgehead atoms. The van der Waals surface area contributed by atoms with Crippen LogP contribution < -0.4 is 5.32 Å². The van der Waals surface area contributed by atoms with Crippen LogP contribution >= 0.6 is 0 Å². The molecule has 1 N–H and O–H groups in total. The van der Waals surface area contributed by atoms with Crippen molar-refractivity contribution in [3.05, 3.63) is 11.8 Å². The van der Waals surface area contributed by atoms with Gasteiger partial charge in [-0.2, -0.15) is 5.26 Å². The molecule has 1 saturated carbocycles. The highest BCUT2D eigenvalue weighted by Crippen LogP contribution is 2.19. The molecule has 0 aromatic heterocycles. The van der Waals surface area contributed by atoms with Crippen molar-refractivity contribution in [3.8, 4) is 6.07 Å². The van der Waals surface area contributed by atoms with Gasteiger partial charge >= 0.3 is 0 Å². The Hall–Kier alpha value is -1.50. The number of nitrogens with one attached hydrogen (secondary N) is 1. The third kappa shape index (κ3) is 4.00. The van der Waals surface area contributed by atoms with Gasteiger partial charge in [-0.25, -0.2) is 0 Å². The van der Waals surface area contributed by atoms with Crippen LogP contribution in [-0.2, 0) is 4.79 Å². The molecule has 0 unspecified atom stereocenters. The second kappa shape index (κ2) is 7.33. The summed E-state index contributed by atoms with van der Waals surface area (Å²) in [5.41, 5.74) is 0.255. The molecule has 1 amide bonds. The van der Waals surface area contributed by atoms with E-state index in [0.29, 0.717) is 12.0 Å². The molecule has 20 heavy (non-hydrogen) atoms. The van der Waals surface area contributed by atoms with Crippen LogP contribution in [0.1, 0.15) is 51.9 Å². The van der Waals surface area contributed by atoms with Crippen molar-refractivity contribution in [2.75, 3.05) is 13.1 Å². The highest BCUT2D eigenvalue weighted by molar-refractivity contribution is 5.97. The molecule has 2 aliphatic rings. The van der Waals surface area contributed by atoms with Crippen LogP contribution in [0.15, 0.2) is 11.8 Å². The predicted molar refractivity (Wildman–Crippen MR) is 78.7 cm³/mol. The molecule has 110 valence electrons. The van der Waals surface area contributed by atoms with Crippen LogP contribution in [0.2, 0.25) is 0 Å². The van der Waals surface area contributed by atoms with Gasteiger partial charge < -0.3 is 10.2 Å². The number of hydrogen-bond donors (Lipinski definition) is 1. The second-order valence-corrected chi connectivity index (χ2v) is 6.15. The van der Waals surface area contributed by atoms with Gasteiger partial charge in [-0.1, -0.05) is 26.2 Å². The van der Waals surface area contributed by atoms with E-state index in [9.17, 15) is 10.1 Å². The first-order valence-electron chi connectivity index (χ1n) is 7.86. The molecule has 1 saturated heterocycles. The minimum atomic E-state index is -0.109. The molecule has 0 spiro atoms. The highest BCUT2D eigenvalue weighted by atomic mass is 16.2. The summed E-state index contributed by atoms with van der Waals surface area (Å²) in [7, 11) is 0. The fraction of sp³-hybridized carbons (Fsp3) is 0.750. The quantitative estimate of drug-likeness (QED) is 0.636. The predicted octanol–water partition coefficient (Wildman–Crippen LogP) is 2.57. The van der Waals surface area contributed by atoms with E-state index < -0.39 is 0 Å². The Morgan fingerprint density at radius 2 is 1.85 bits per heavy atom. The summed E-state index contributed by atoms with van der Waals surface area (Å²) < 4.78 is 0. The molecule has 2 fully saturated rings. The average Bonchev–Trinajstić information content (AvgIpc) is 2.49. The molecule has 0 radical (unpaired) electrons. The monoisotopic (exact) mass is 275 g/mol. The summed E-state index contributed by atoms with van der Waals surface area (Å²) in [6.07, 6.45) is 9.81. The van der Waals surface area contributed by atoms with Gasteiger partial charge in [0.1, 0.15) is 11.6 Å². The summed E-state index contributed by atoms with van der Waals surface area (Å²) in [6, 6.07) is 2.49. The maximum atomic E-state index is 12.3. The number of hydrogen-bond acceptors (Lipinski definition) is 3. The minimum absolute atomic E-state index is 0.109. The summed E-state index contributed by atoms with van der Waals surface area (Å²) in [4.78, 5) is 14.1. The molecule has 2 rings (SSSR count). The van der Waals surface area contributed by atoms with Crippen molar-refractivity contribution in [2.24, 2.45) is 5.92 Å². The number of carbonyl (C=O) groups excluding carboxylic acids is 1. The smallest absolute Gasteiger partial charge is 0.265 e. The van der Waals surface area contributed by atoms with Crippen LogP contribution in [0.25, 0.3) is 0 Å². The number of rotatable bonds is 3. The number of amides is 1. The molecular weight excluding hydrogens is 250 g/mol. The molecule has 1 aliphatic carbocycles. The molecule has 4 heteroatoms. The lowest BCUT2D eigenvalue weighted by molar-refractivity contribution is -0.128. The van der Waals surface area contributed by atoms with E-state index in [1.807, 2.05) is 4.90 Å². The molecule has 4 nitrogen and oxygen atoms in total. The lowest BCUT2D eigenvalue weighted by Crippen LogP contribution is -2.39. The number of piperidine rings is 1. The van der Waals surface area contributed by atoms with Gasteiger partial charge in [0, 0.05) is 25.3 Å². The molecule has 0 aromatic rings. The van der Waals surface area contributed by atoms with Crippen LogP contribution in [0, 0.1) is 17.2 Å². The van der Waals surface area contributed by atoms with Gasteiger partial charge in [0.15, 0.2) is 0 Å². The normalized spacial score (nSPS) is 22.4. The zero-order valence-electron chi connectivity index (χ0n) is 12.4. The van der Waals surface area contributed by atoms with E-state index >= 15 is 0 Å². The summed E-state index contributed by atoms with van der Waals surface area (Å²) >= 11 is 0. The maximum Gasteiger partial charge on any atom is 0.265 e. The van der Waals surface area contributed by atoms with Crippen molar-refractivity contribution in [1.29, 1.82) is 5.26 Å². The standard InChI is InChI=1S/C16H25N3O/c1-13-7-9-19(10-8-13)16(20)14(11-17)12-18-15-5-3-2-4-6-15/h12-13,15,18H,2-10H2,1H3/b14-12-. The molecule has 0 atom stereocenters.